The van der Waals surface area contributed by atoms with Crippen molar-refractivity contribution < 1.29 is 13.9 Å². The van der Waals surface area contributed by atoms with Gasteiger partial charge in [0.2, 0.25) is 5.43 Å². The van der Waals surface area contributed by atoms with Crippen molar-refractivity contribution in [3.8, 4) is 28.4 Å². The number of nitrogens with zero attached hydrogens (tertiary/aromatic N) is 3. The molecule has 186 valence electrons. The molecule has 0 saturated carbocycles. The number of fused-ring (bicyclic) bond motifs is 2. The number of halogens is 2. The Morgan fingerprint density at radius 2 is 1.79 bits per heavy atom. The van der Waals surface area contributed by atoms with Gasteiger partial charge < -0.3 is 15.5 Å². The molecule has 4 aromatic heterocycles. The maximum Gasteiger partial charge on any atom is 0.254 e. The summed E-state index contributed by atoms with van der Waals surface area (Å²) in [6.45, 7) is 0. The largest absolute Gasteiger partial charge is 0.453 e. The van der Waals surface area contributed by atoms with Gasteiger partial charge in [0.05, 0.1) is 16.5 Å². The van der Waals surface area contributed by atoms with Crippen LogP contribution in [0.3, 0.4) is 0 Å². The van der Waals surface area contributed by atoms with Gasteiger partial charge in [0.15, 0.2) is 11.6 Å². The molecule has 0 bridgehead atoms. The number of benzene rings is 2. The van der Waals surface area contributed by atoms with Crippen LogP contribution in [0.5, 0.6) is 11.5 Å². The smallest absolute Gasteiger partial charge is 0.254 e. The molecule has 4 heterocycles. The van der Waals surface area contributed by atoms with Crippen LogP contribution in [-0.2, 0) is 0 Å². The van der Waals surface area contributed by atoms with Crippen LogP contribution in [0.4, 0.5) is 4.39 Å². The molecule has 6 aromatic rings. The maximum absolute atomic E-state index is 15.5. The first-order valence-electron chi connectivity index (χ1n) is 11.4. The van der Waals surface area contributed by atoms with Crippen molar-refractivity contribution in [1.82, 2.24) is 19.5 Å². The fraction of sp³-hybridized carbons (Fsp3) is 0. The minimum Gasteiger partial charge on any atom is -0.453 e. The molecule has 0 radical (unpaired) electrons. The SMILES string of the molecule is NC(=O)c1c(-c2ccc(Oc3ccnc4[nH]ccc34)c(F)c2)n(-c2ccc(Br)cc2)c2ncccc2c1=O. The molecule has 0 saturated heterocycles. The molecular weight excluding hydrogens is 553 g/mol. The summed E-state index contributed by atoms with van der Waals surface area (Å²) >= 11 is 3.42. The van der Waals surface area contributed by atoms with Crippen molar-refractivity contribution in [3.63, 3.8) is 0 Å². The lowest BCUT2D eigenvalue weighted by molar-refractivity contribution is 0.0999. The zero-order chi connectivity index (χ0) is 26.4. The number of ether oxygens (including phenoxy) is 1. The highest BCUT2D eigenvalue weighted by Crippen LogP contribution is 2.35. The molecule has 38 heavy (non-hydrogen) atoms. The van der Waals surface area contributed by atoms with E-state index in [1.807, 2.05) is 12.1 Å². The number of amides is 1. The number of nitrogens with one attached hydrogen (secondary N) is 1. The van der Waals surface area contributed by atoms with Crippen LogP contribution in [0.1, 0.15) is 10.4 Å². The zero-order valence-electron chi connectivity index (χ0n) is 19.5. The number of carbonyl (C=O) groups excluding carboxylic acids is 1. The summed E-state index contributed by atoms with van der Waals surface area (Å²) in [5.74, 6) is -1.26. The third-order valence-corrected chi connectivity index (χ3v) is 6.64. The topological polar surface area (TPSA) is 116 Å². The number of hydrogen-bond acceptors (Lipinski definition) is 5. The van der Waals surface area contributed by atoms with E-state index in [-0.39, 0.29) is 28.0 Å². The lowest BCUT2D eigenvalue weighted by Gasteiger charge is -2.20. The fourth-order valence-corrected chi connectivity index (χ4v) is 4.69. The first-order valence-corrected chi connectivity index (χ1v) is 12.2. The Labute approximate surface area is 222 Å². The summed E-state index contributed by atoms with van der Waals surface area (Å²) in [6.07, 6.45) is 4.81. The third-order valence-electron chi connectivity index (χ3n) is 6.11. The highest BCUT2D eigenvalue weighted by Gasteiger charge is 2.24. The predicted molar refractivity (Wildman–Crippen MR) is 145 cm³/mol. The Morgan fingerprint density at radius 1 is 0.974 bits per heavy atom. The van der Waals surface area contributed by atoms with Crippen LogP contribution < -0.4 is 15.9 Å². The lowest BCUT2D eigenvalue weighted by atomic mass is 10.0. The van der Waals surface area contributed by atoms with E-state index in [0.717, 1.165) is 4.47 Å². The molecule has 6 rings (SSSR count). The number of nitrogens with two attached hydrogens (primary N) is 1. The molecule has 3 N–H and O–H groups in total. The van der Waals surface area contributed by atoms with E-state index < -0.39 is 17.2 Å². The highest BCUT2D eigenvalue weighted by atomic mass is 79.9. The summed E-state index contributed by atoms with van der Waals surface area (Å²) in [6, 6.07) is 18.0. The molecule has 0 aliphatic rings. The van der Waals surface area contributed by atoms with E-state index in [0.29, 0.717) is 28.1 Å². The molecule has 8 nitrogen and oxygen atoms in total. The van der Waals surface area contributed by atoms with E-state index in [1.54, 1.807) is 65.6 Å². The van der Waals surface area contributed by atoms with Gasteiger partial charge in [-0.25, -0.2) is 14.4 Å². The van der Waals surface area contributed by atoms with Crippen LogP contribution in [0.25, 0.3) is 39.0 Å². The summed E-state index contributed by atoms with van der Waals surface area (Å²) in [4.78, 5) is 37.7. The van der Waals surface area contributed by atoms with Crippen LogP contribution in [0.15, 0.2) is 94.6 Å². The number of carbonyl (C=O) groups is 1. The van der Waals surface area contributed by atoms with E-state index in [9.17, 15) is 9.59 Å². The quantitative estimate of drug-likeness (QED) is 0.275. The first kappa shape index (κ1) is 23.6. The van der Waals surface area contributed by atoms with E-state index in [1.165, 1.54) is 12.1 Å². The zero-order valence-corrected chi connectivity index (χ0v) is 21.1. The second-order valence-electron chi connectivity index (χ2n) is 8.40. The molecule has 0 aliphatic carbocycles. The Morgan fingerprint density at radius 3 is 2.55 bits per heavy atom. The number of primary amides is 1. The normalized spacial score (nSPS) is 11.2. The molecular formula is C28H17BrFN5O3. The van der Waals surface area contributed by atoms with Crippen molar-refractivity contribution in [2.75, 3.05) is 0 Å². The van der Waals surface area contributed by atoms with E-state index >= 15 is 4.39 Å². The lowest BCUT2D eigenvalue weighted by Crippen LogP contribution is -2.26. The molecule has 0 unspecified atom stereocenters. The standard InChI is InChI=1S/C28H17BrFN5O3/c29-16-4-6-17(7-5-16)35-24(23(26(31)37)25(36)19-2-1-11-34-28(19)35)15-3-8-22(20(30)14-15)38-21-10-13-33-27-18(21)9-12-32-27/h1-14H,(H2,31,37)(H,32,33). The van der Waals surface area contributed by atoms with Gasteiger partial charge in [-0.05, 0) is 66.7 Å². The number of aromatic nitrogens is 4. The molecule has 10 heteroatoms. The molecule has 0 atom stereocenters. The number of hydrogen-bond donors (Lipinski definition) is 2. The minimum atomic E-state index is -0.936. The molecule has 0 aliphatic heterocycles. The maximum atomic E-state index is 15.5. The van der Waals surface area contributed by atoms with Crippen LogP contribution >= 0.6 is 15.9 Å². The Balaban J connectivity index is 1.58. The number of aromatic amines is 1. The van der Waals surface area contributed by atoms with Crippen LogP contribution in [-0.4, -0.2) is 25.4 Å². The second-order valence-corrected chi connectivity index (χ2v) is 9.32. The number of rotatable bonds is 5. The van der Waals surface area contributed by atoms with Gasteiger partial charge in [-0.15, -0.1) is 0 Å². The first-order chi connectivity index (χ1) is 18.4. The Hall–Kier alpha value is -4.83. The van der Waals surface area contributed by atoms with Gasteiger partial charge in [0.25, 0.3) is 5.91 Å². The van der Waals surface area contributed by atoms with Crippen molar-refractivity contribution in [2.45, 2.75) is 0 Å². The van der Waals surface area contributed by atoms with Crippen molar-refractivity contribution in [2.24, 2.45) is 5.73 Å². The Bertz CT molecular complexity index is 1930. The summed E-state index contributed by atoms with van der Waals surface area (Å²) in [5.41, 5.74) is 6.73. The summed E-state index contributed by atoms with van der Waals surface area (Å²) in [5, 5.41) is 0.901. The number of H-pyrrole nitrogens is 1. The van der Waals surface area contributed by atoms with Crippen molar-refractivity contribution in [3.05, 3.63) is 111 Å². The van der Waals surface area contributed by atoms with Gasteiger partial charge >= 0.3 is 0 Å². The average Bonchev–Trinajstić information content (AvgIpc) is 3.40. The minimum absolute atomic E-state index is 0.0421. The van der Waals surface area contributed by atoms with Crippen LogP contribution in [0.2, 0.25) is 0 Å². The fourth-order valence-electron chi connectivity index (χ4n) is 4.43. The molecule has 0 fully saturated rings. The van der Waals surface area contributed by atoms with E-state index in [4.69, 9.17) is 10.5 Å². The van der Waals surface area contributed by atoms with Gasteiger partial charge in [-0.3, -0.25) is 14.2 Å². The number of pyridine rings is 3. The summed E-state index contributed by atoms with van der Waals surface area (Å²) in [7, 11) is 0. The molecule has 1 amide bonds. The monoisotopic (exact) mass is 569 g/mol. The van der Waals surface area contributed by atoms with E-state index in [2.05, 4.69) is 30.9 Å². The predicted octanol–water partition coefficient (Wildman–Crippen LogP) is 5.72. The third kappa shape index (κ3) is 3.91. The Kier molecular flexibility index (Phi) is 5.73. The van der Waals surface area contributed by atoms with Crippen LogP contribution in [0, 0.1) is 5.82 Å². The van der Waals surface area contributed by atoms with Gasteiger partial charge in [0.1, 0.15) is 22.6 Å². The van der Waals surface area contributed by atoms with Gasteiger partial charge in [-0.1, -0.05) is 15.9 Å². The summed E-state index contributed by atoms with van der Waals surface area (Å²) < 4.78 is 23.8. The molecule has 2 aromatic carbocycles. The highest BCUT2D eigenvalue weighted by molar-refractivity contribution is 9.10. The molecule has 0 spiro atoms. The van der Waals surface area contributed by atoms with Gasteiger partial charge in [-0.2, -0.15) is 0 Å². The van der Waals surface area contributed by atoms with Crippen molar-refractivity contribution in [1.29, 1.82) is 0 Å². The second kappa shape index (κ2) is 9.24. The van der Waals surface area contributed by atoms with Crippen molar-refractivity contribution >= 4 is 43.9 Å². The average molecular weight is 570 g/mol. The van der Waals surface area contributed by atoms with Gasteiger partial charge in [0, 0.05) is 34.3 Å².